The average Bonchev–Trinajstić information content (AvgIpc) is 2.53. The van der Waals surface area contributed by atoms with Gasteiger partial charge in [-0.05, 0) is 30.3 Å². The molecule has 2 aromatic rings. The summed E-state index contributed by atoms with van der Waals surface area (Å²) in [6.45, 7) is 0.463. The van der Waals surface area contributed by atoms with Crippen molar-refractivity contribution in [1.29, 1.82) is 0 Å². The summed E-state index contributed by atoms with van der Waals surface area (Å²) in [5, 5.41) is 0. The van der Waals surface area contributed by atoms with Gasteiger partial charge in [0.25, 0.3) is 0 Å². The topological polar surface area (TPSA) is 44.5 Å². The summed E-state index contributed by atoms with van der Waals surface area (Å²) in [4.78, 5) is 0. The normalized spacial score (nSPS) is 9.67. The molecule has 0 aliphatic heterocycles. The summed E-state index contributed by atoms with van der Waals surface area (Å²) < 4.78 is 24.4. The number of hydrogen-bond donors (Lipinski definition) is 1. The van der Waals surface area contributed by atoms with Gasteiger partial charge in [0.05, 0.1) is 13.7 Å². The Morgan fingerprint density at radius 1 is 1.14 bits per heavy atom. The van der Waals surface area contributed by atoms with E-state index < -0.39 is 5.82 Å². The summed E-state index contributed by atoms with van der Waals surface area (Å²) in [5.74, 6) is 6.16. The molecule has 0 aliphatic rings. The van der Waals surface area contributed by atoms with E-state index in [-0.39, 0.29) is 12.4 Å². The number of halogens is 1. The lowest BCUT2D eigenvalue weighted by Crippen LogP contribution is -2.00. The second-order valence-electron chi connectivity index (χ2n) is 4.25. The first kappa shape index (κ1) is 14.9. The Bertz CT molecular complexity index is 657. The third-order valence-electron chi connectivity index (χ3n) is 2.85. The van der Waals surface area contributed by atoms with Crippen LogP contribution in [0.5, 0.6) is 11.5 Å². The molecule has 0 radical (unpaired) electrons. The maximum absolute atomic E-state index is 13.9. The number of rotatable bonds is 4. The van der Waals surface area contributed by atoms with Crippen molar-refractivity contribution in [2.75, 3.05) is 13.7 Å². The lowest BCUT2D eigenvalue weighted by molar-refractivity contribution is 0.295. The number of nitrogens with two attached hydrogens (primary N) is 1. The van der Waals surface area contributed by atoms with E-state index in [9.17, 15) is 4.39 Å². The van der Waals surface area contributed by atoms with Crippen molar-refractivity contribution in [3.05, 3.63) is 59.4 Å². The molecule has 0 fully saturated rings. The summed E-state index contributed by atoms with van der Waals surface area (Å²) in [7, 11) is 1.43. The lowest BCUT2D eigenvalue weighted by atomic mass is 10.2. The van der Waals surface area contributed by atoms with E-state index in [0.29, 0.717) is 17.9 Å². The quantitative estimate of drug-likeness (QED) is 0.878. The smallest absolute Gasteiger partial charge is 0.171 e. The SMILES string of the molecule is COc1cccc(COc2ccc(C#CCN)cc2)c1F. The maximum Gasteiger partial charge on any atom is 0.171 e. The van der Waals surface area contributed by atoms with Crippen LogP contribution in [0.2, 0.25) is 0 Å². The molecule has 0 aromatic heterocycles. The van der Waals surface area contributed by atoms with Crippen molar-refractivity contribution in [2.45, 2.75) is 6.61 Å². The van der Waals surface area contributed by atoms with Crippen LogP contribution >= 0.6 is 0 Å². The van der Waals surface area contributed by atoms with Gasteiger partial charge in [-0.2, -0.15) is 0 Å². The molecule has 0 amide bonds. The molecule has 108 valence electrons. The van der Waals surface area contributed by atoms with Crippen molar-refractivity contribution in [3.8, 4) is 23.3 Å². The number of ether oxygens (including phenoxy) is 2. The van der Waals surface area contributed by atoms with Crippen LogP contribution in [0.4, 0.5) is 4.39 Å². The van der Waals surface area contributed by atoms with Gasteiger partial charge in [0.15, 0.2) is 11.6 Å². The van der Waals surface area contributed by atoms with Gasteiger partial charge >= 0.3 is 0 Å². The Kier molecular flexibility index (Phi) is 5.19. The van der Waals surface area contributed by atoms with Gasteiger partial charge in [-0.1, -0.05) is 24.0 Å². The molecule has 0 aliphatic carbocycles. The molecule has 3 nitrogen and oxygen atoms in total. The Balaban J connectivity index is 2.03. The summed E-state index contributed by atoms with van der Waals surface area (Å²) >= 11 is 0. The third kappa shape index (κ3) is 3.98. The van der Waals surface area contributed by atoms with Crippen LogP contribution in [0.3, 0.4) is 0 Å². The van der Waals surface area contributed by atoms with Gasteiger partial charge in [-0.25, -0.2) is 4.39 Å². The monoisotopic (exact) mass is 285 g/mol. The number of hydrogen-bond acceptors (Lipinski definition) is 3. The third-order valence-corrected chi connectivity index (χ3v) is 2.85. The van der Waals surface area contributed by atoms with E-state index in [0.717, 1.165) is 5.56 Å². The fraction of sp³-hybridized carbons (Fsp3) is 0.176. The van der Waals surface area contributed by atoms with Crippen LogP contribution in [0.1, 0.15) is 11.1 Å². The molecule has 0 spiro atoms. The minimum atomic E-state index is -0.398. The standard InChI is InChI=1S/C17H16FNO2/c1-20-16-6-2-5-14(17(16)18)12-21-15-9-7-13(8-10-15)4-3-11-19/h2,5-10H,11-12,19H2,1H3. The minimum Gasteiger partial charge on any atom is -0.494 e. The highest BCUT2D eigenvalue weighted by Crippen LogP contribution is 2.21. The molecule has 0 bridgehead atoms. The zero-order chi connectivity index (χ0) is 15.1. The summed E-state index contributed by atoms with van der Waals surface area (Å²) in [5.41, 5.74) is 6.62. The highest BCUT2D eigenvalue weighted by Gasteiger charge is 2.08. The molecule has 21 heavy (non-hydrogen) atoms. The molecular formula is C17H16FNO2. The highest BCUT2D eigenvalue weighted by atomic mass is 19.1. The van der Waals surface area contributed by atoms with Gasteiger partial charge in [0.2, 0.25) is 0 Å². The predicted molar refractivity (Wildman–Crippen MR) is 79.7 cm³/mol. The largest absolute Gasteiger partial charge is 0.494 e. The van der Waals surface area contributed by atoms with Gasteiger partial charge in [-0.15, -0.1) is 0 Å². The van der Waals surface area contributed by atoms with Crippen molar-refractivity contribution in [1.82, 2.24) is 0 Å². The molecule has 2 N–H and O–H groups in total. The van der Waals surface area contributed by atoms with Crippen LogP contribution in [-0.2, 0) is 6.61 Å². The minimum absolute atomic E-state index is 0.136. The van der Waals surface area contributed by atoms with E-state index in [2.05, 4.69) is 11.8 Å². The van der Waals surface area contributed by atoms with E-state index in [1.807, 2.05) is 12.1 Å². The molecule has 4 heteroatoms. The molecule has 0 unspecified atom stereocenters. The Morgan fingerprint density at radius 3 is 2.57 bits per heavy atom. The van der Waals surface area contributed by atoms with Crippen LogP contribution in [0, 0.1) is 17.7 Å². The zero-order valence-electron chi connectivity index (χ0n) is 11.7. The van der Waals surface area contributed by atoms with E-state index in [1.165, 1.54) is 7.11 Å². The molecule has 2 aromatic carbocycles. The average molecular weight is 285 g/mol. The van der Waals surface area contributed by atoms with Crippen molar-refractivity contribution < 1.29 is 13.9 Å². The van der Waals surface area contributed by atoms with Crippen molar-refractivity contribution in [2.24, 2.45) is 5.73 Å². The molecule has 0 atom stereocenters. The second kappa shape index (κ2) is 7.32. The predicted octanol–water partition coefficient (Wildman–Crippen LogP) is 2.72. The van der Waals surface area contributed by atoms with Crippen molar-refractivity contribution in [3.63, 3.8) is 0 Å². The van der Waals surface area contributed by atoms with Gasteiger partial charge in [-0.3, -0.25) is 0 Å². The van der Waals surface area contributed by atoms with Crippen LogP contribution in [-0.4, -0.2) is 13.7 Å². The van der Waals surface area contributed by atoms with Gasteiger partial charge < -0.3 is 15.2 Å². The van der Waals surface area contributed by atoms with E-state index in [1.54, 1.807) is 30.3 Å². The Labute approximate surface area is 123 Å². The first-order valence-electron chi connectivity index (χ1n) is 6.47. The van der Waals surface area contributed by atoms with Crippen LogP contribution in [0.15, 0.2) is 42.5 Å². The van der Waals surface area contributed by atoms with E-state index >= 15 is 0 Å². The molecule has 0 heterocycles. The maximum atomic E-state index is 13.9. The fourth-order valence-corrected chi connectivity index (χ4v) is 1.77. The van der Waals surface area contributed by atoms with Crippen molar-refractivity contribution >= 4 is 0 Å². The number of methoxy groups -OCH3 is 1. The Morgan fingerprint density at radius 2 is 1.90 bits per heavy atom. The van der Waals surface area contributed by atoms with E-state index in [4.69, 9.17) is 15.2 Å². The molecular weight excluding hydrogens is 269 g/mol. The van der Waals surface area contributed by atoms with Crippen LogP contribution in [0.25, 0.3) is 0 Å². The van der Waals surface area contributed by atoms with Crippen LogP contribution < -0.4 is 15.2 Å². The Hall–Kier alpha value is -2.51. The summed E-state index contributed by atoms with van der Waals surface area (Å²) in [6.07, 6.45) is 0. The summed E-state index contributed by atoms with van der Waals surface area (Å²) in [6, 6.07) is 12.2. The van der Waals surface area contributed by atoms with Gasteiger partial charge in [0, 0.05) is 11.1 Å². The molecule has 0 saturated carbocycles. The highest BCUT2D eigenvalue weighted by molar-refractivity contribution is 5.38. The first-order chi connectivity index (χ1) is 10.2. The molecule has 2 rings (SSSR count). The fourth-order valence-electron chi connectivity index (χ4n) is 1.77. The lowest BCUT2D eigenvalue weighted by Gasteiger charge is -2.09. The molecule has 0 saturated heterocycles. The first-order valence-corrected chi connectivity index (χ1v) is 6.47. The van der Waals surface area contributed by atoms with Gasteiger partial charge in [0.1, 0.15) is 12.4 Å². The second-order valence-corrected chi connectivity index (χ2v) is 4.25. The number of benzene rings is 2. The zero-order valence-corrected chi connectivity index (χ0v) is 11.7.